The number of sulfonamides is 1. The lowest BCUT2D eigenvalue weighted by molar-refractivity contribution is 0.0281. The van der Waals surface area contributed by atoms with Crippen molar-refractivity contribution in [2.75, 3.05) is 45.1 Å². The Balaban J connectivity index is 1.62. The lowest BCUT2D eigenvalue weighted by Crippen LogP contribution is -2.42. The van der Waals surface area contributed by atoms with Crippen molar-refractivity contribution in [2.45, 2.75) is 58.0 Å². The number of nitrogens with one attached hydrogen (secondary N) is 2. The number of aliphatic imine (C=N–C) groups is 1. The summed E-state index contributed by atoms with van der Waals surface area (Å²) in [6, 6.07) is 0. The van der Waals surface area contributed by atoms with E-state index in [9.17, 15) is 8.42 Å². The van der Waals surface area contributed by atoms with Gasteiger partial charge in [-0.3, -0.25) is 4.99 Å². The van der Waals surface area contributed by atoms with Crippen LogP contribution in [0.15, 0.2) is 4.99 Å². The van der Waals surface area contributed by atoms with Crippen LogP contribution in [0.3, 0.4) is 0 Å². The average molecular weight is 375 g/mol. The van der Waals surface area contributed by atoms with Crippen molar-refractivity contribution >= 4 is 16.0 Å². The number of hydrogen-bond donors (Lipinski definition) is 2. The van der Waals surface area contributed by atoms with Crippen LogP contribution in [-0.2, 0) is 14.8 Å². The second-order valence-electron chi connectivity index (χ2n) is 6.74. The first-order valence-electron chi connectivity index (χ1n) is 9.73. The molecule has 1 heterocycles. The fourth-order valence-electron chi connectivity index (χ4n) is 3.32. The SMILES string of the molecule is CCNC(=NCCCOC1CCCCC1)NCCN1CCCS1(=O)=O. The molecule has 25 heavy (non-hydrogen) atoms. The summed E-state index contributed by atoms with van der Waals surface area (Å²) in [5, 5.41) is 6.42. The zero-order valence-corrected chi connectivity index (χ0v) is 16.3. The Morgan fingerprint density at radius 2 is 2.00 bits per heavy atom. The van der Waals surface area contributed by atoms with Gasteiger partial charge in [-0.1, -0.05) is 19.3 Å². The first kappa shape index (κ1) is 20.5. The zero-order valence-electron chi connectivity index (χ0n) is 15.5. The molecule has 2 N–H and O–H groups in total. The lowest BCUT2D eigenvalue weighted by Gasteiger charge is -2.21. The second-order valence-corrected chi connectivity index (χ2v) is 8.83. The largest absolute Gasteiger partial charge is 0.378 e. The Hall–Kier alpha value is -0.860. The maximum Gasteiger partial charge on any atom is 0.214 e. The molecule has 1 saturated carbocycles. The van der Waals surface area contributed by atoms with Gasteiger partial charge in [0.25, 0.3) is 0 Å². The van der Waals surface area contributed by atoms with Gasteiger partial charge in [-0.05, 0) is 32.6 Å². The number of ether oxygens (including phenoxy) is 1. The Morgan fingerprint density at radius 3 is 2.68 bits per heavy atom. The van der Waals surface area contributed by atoms with Gasteiger partial charge in [-0.2, -0.15) is 0 Å². The number of nitrogens with zero attached hydrogens (tertiary/aromatic N) is 2. The van der Waals surface area contributed by atoms with Gasteiger partial charge in [0.2, 0.25) is 10.0 Å². The van der Waals surface area contributed by atoms with Crippen molar-refractivity contribution in [1.82, 2.24) is 14.9 Å². The third kappa shape index (κ3) is 7.50. The standard InChI is InChI=1S/C17H34N4O3S/c1-2-18-17(20-11-13-21-12-7-15-25(21,22)23)19-10-6-14-24-16-8-4-3-5-9-16/h16H,2-15H2,1H3,(H2,18,19,20). The van der Waals surface area contributed by atoms with Gasteiger partial charge in [0, 0.05) is 39.3 Å². The summed E-state index contributed by atoms with van der Waals surface area (Å²) >= 11 is 0. The summed E-state index contributed by atoms with van der Waals surface area (Å²) in [6.07, 6.45) is 8.44. The minimum atomic E-state index is -3.02. The molecule has 7 nitrogen and oxygen atoms in total. The summed E-state index contributed by atoms with van der Waals surface area (Å²) in [5.41, 5.74) is 0. The fourth-order valence-corrected chi connectivity index (χ4v) is 4.85. The van der Waals surface area contributed by atoms with E-state index >= 15 is 0 Å². The van der Waals surface area contributed by atoms with E-state index in [4.69, 9.17) is 4.74 Å². The Morgan fingerprint density at radius 1 is 1.20 bits per heavy atom. The smallest absolute Gasteiger partial charge is 0.214 e. The molecular weight excluding hydrogens is 340 g/mol. The van der Waals surface area contributed by atoms with E-state index in [-0.39, 0.29) is 5.75 Å². The number of guanidine groups is 1. The summed E-state index contributed by atoms with van der Waals surface area (Å²) in [7, 11) is -3.02. The van der Waals surface area contributed by atoms with E-state index in [1.807, 2.05) is 6.92 Å². The van der Waals surface area contributed by atoms with Crippen LogP contribution in [0.1, 0.15) is 51.9 Å². The van der Waals surface area contributed by atoms with Crippen molar-refractivity contribution < 1.29 is 13.2 Å². The van der Waals surface area contributed by atoms with Crippen LogP contribution < -0.4 is 10.6 Å². The molecule has 8 heteroatoms. The van der Waals surface area contributed by atoms with Gasteiger partial charge >= 0.3 is 0 Å². The van der Waals surface area contributed by atoms with Crippen LogP contribution >= 0.6 is 0 Å². The Bertz CT molecular complexity index is 504. The van der Waals surface area contributed by atoms with Crippen molar-refractivity contribution in [3.05, 3.63) is 0 Å². The van der Waals surface area contributed by atoms with E-state index in [0.29, 0.717) is 32.3 Å². The van der Waals surface area contributed by atoms with Crippen LogP contribution in [-0.4, -0.2) is 69.9 Å². The highest BCUT2D eigenvalue weighted by molar-refractivity contribution is 7.89. The third-order valence-electron chi connectivity index (χ3n) is 4.68. The average Bonchev–Trinajstić information content (AvgIpc) is 2.94. The highest BCUT2D eigenvalue weighted by Gasteiger charge is 2.27. The minimum Gasteiger partial charge on any atom is -0.378 e. The molecule has 2 fully saturated rings. The monoisotopic (exact) mass is 374 g/mol. The van der Waals surface area contributed by atoms with Gasteiger partial charge in [0.1, 0.15) is 0 Å². The van der Waals surface area contributed by atoms with Crippen LogP contribution in [0.25, 0.3) is 0 Å². The van der Waals surface area contributed by atoms with E-state index in [0.717, 1.165) is 32.0 Å². The van der Waals surface area contributed by atoms with Crippen LogP contribution in [0.2, 0.25) is 0 Å². The normalized spacial score (nSPS) is 22.2. The molecule has 0 aromatic rings. The molecule has 0 spiro atoms. The van der Waals surface area contributed by atoms with Crippen molar-refractivity contribution in [3.8, 4) is 0 Å². The molecule has 1 aliphatic carbocycles. The van der Waals surface area contributed by atoms with Crippen LogP contribution in [0, 0.1) is 0 Å². The van der Waals surface area contributed by atoms with E-state index in [1.165, 1.54) is 32.1 Å². The molecule has 0 aromatic heterocycles. The second kappa shape index (κ2) is 11.0. The minimum absolute atomic E-state index is 0.280. The summed E-state index contributed by atoms with van der Waals surface area (Å²) in [4.78, 5) is 4.54. The summed E-state index contributed by atoms with van der Waals surface area (Å²) < 4.78 is 31.0. The van der Waals surface area contributed by atoms with Gasteiger partial charge < -0.3 is 15.4 Å². The van der Waals surface area contributed by atoms with Crippen LogP contribution in [0.4, 0.5) is 0 Å². The van der Waals surface area contributed by atoms with Gasteiger partial charge in [0.15, 0.2) is 5.96 Å². The number of hydrogen-bond acceptors (Lipinski definition) is 4. The molecule has 0 bridgehead atoms. The van der Waals surface area contributed by atoms with Crippen LogP contribution in [0.5, 0.6) is 0 Å². The summed E-state index contributed by atoms with van der Waals surface area (Å²) in [5.74, 6) is 1.03. The Labute approximate surface area is 152 Å². The summed E-state index contributed by atoms with van der Waals surface area (Å²) in [6.45, 7) is 5.99. The number of rotatable bonds is 9. The first-order valence-corrected chi connectivity index (χ1v) is 11.3. The molecule has 0 amide bonds. The quantitative estimate of drug-likeness (QED) is 0.361. The molecule has 1 aliphatic heterocycles. The van der Waals surface area contributed by atoms with Gasteiger partial charge in [-0.15, -0.1) is 0 Å². The molecule has 2 aliphatic rings. The first-order chi connectivity index (χ1) is 12.1. The third-order valence-corrected chi connectivity index (χ3v) is 6.64. The van der Waals surface area contributed by atoms with Crippen molar-refractivity contribution in [2.24, 2.45) is 4.99 Å². The highest BCUT2D eigenvalue weighted by Crippen LogP contribution is 2.20. The topological polar surface area (TPSA) is 83.0 Å². The lowest BCUT2D eigenvalue weighted by atomic mass is 9.98. The zero-order chi connectivity index (χ0) is 18.0. The van der Waals surface area contributed by atoms with Crippen molar-refractivity contribution in [3.63, 3.8) is 0 Å². The molecule has 0 radical (unpaired) electrons. The van der Waals surface area contributed by atoms with E-state index in [2.05, 4.69) is 15.6 Å². The Kier molecular flexibility index (Phi) is 8.98. The molecule has 146 valence electrons. The predicted octanol–water partition coefficient (Wildman–Crippen LogP) is 1.32. The predicted molar refractivity (Wildman–Crippen MR) is 101 cm³/mol. The molecule has 2 rings (SSSR count). The highest BCUT2D eigenvalue weighted by atomic mass is 32.2. The molecular formula is C17H34N4O3S. The molecule has 0 aromatic carbocycles. The fraction of sp³-hybridized carbons (Fsp3) is 0.941. The molecule has 1 saturated heterocycles. The molecule has 0 unspecified atom stereocenters. The van der Waals surface area contributed by atoms with Crippen molar-refractivity contribution in [1.29, 1.82) is 0 Å². The van der Waals surface area contributed by atoms with Gasteiger partial charge in [-0.25, -0.2) is 12.7 Å². The maximum atomic E-state index is 11.8. The van der Waals surface area contributed by atoms with E-state index in [1.54, 1.807) is 4.31 Å². The van der Waals surface area contributed by atoms with Gasteiger partial charge in [0.05, 0.1) is 11.9 Å². The van der Waals surface area contributed by atoms with E-state index < -0.39 is 10.0 Å². The molecule has 0 atom stereocenters. The maximum absolute atomic E-state index is 11.8.